The Balaban J connectivity index is 2.07. The first kappa shape index (κ1) is 12.2. The van der Waals surface area contributed by atoms with E-state index in [-0.39, 0.29) is 12.2 Å². The number of aliphatic hydroxyl groups is 1. The van der Waals surface area contributed by atoms with Crippen LogP contribution >= 0.6 is 27.5 Å². The molecule has 1 fully saturated rings. The average molecular weight is 308 g/mol. The molecule has 0 radical (unpaired) electrons. The summed E-state index contributed by atoms with van der Waals surface area (Å²) in [6.45, 7) is 0. The fourth-order valence-electron chi connectivity index (χ4n) is 1.71. The monoisotopic (exact) mass is 306 g/mol. The van der Waals surface area contributed by atoms with E-state index < -0.39 is 6.10 Å². The molecule has 1 saturated carbocycles. The van der Waals surface area contributed by atoms with Gasteiger partial charge in [0.1, 0.15) is 18.0 Å². The van der Waals surface area contributed by atoms with Gasteiger partial charge in [-0.05, 0) is 18.2 Å². The summed E-state index contributed by atoms with van der Waals surface area (Å²) in [5.74, 6) is 0.606. The zero-order chi connectivity index (χ0) is 11.7. The van der Waals surface area contributed by atoms with Crippen LogP contribution < -0.4 is 4.74 Å². The molecule has 1 aliphatic rings. The van der Waals surface area contributed by atoms with E-state index in [0.29, 0.717) is 17.2 Å². The van der Waals surface area contributed by atoms with Gasteiger partial charge in [-0.15, -0.1) is 0 Å². The van der Waals surface area contributed by atoms with Crippen molar-refractivity contribution in [2.45, 2.75) is 24.7 Å². The molecule has 0 spiro atoms. The molecule has 3 unspecified atom stereocenters. The maximum atomic E-state index is 9.43. The van der Waals surface area contributed by atoms with Crippen LogP contribution in [-0.4, -0.2) is 30.5 Å². The summed E-state index contributed by atoms with van der Waals surface area (Å²) in [4.78, 5) is 0. The zero-order valence-electron chi connectivity index (χ0n) is 8.69. The molecule has 1 N–H and O–H groups in total. The normalized spacial score (nSPS) is 28.6. The van der Waals surface area contributed by atoms with Crippen molar-refractivity contribution in [2.75, 3.05) is 7.11 Å². The summed E-state index contributed by atoms with van der Waals surface area (Å²) < 4.78 is 11.7. The number of methoxy groups -OCH3 is 1. The van der Waals surface area contributed by atoms with Crippen LogP contribution in [0.3, 0.4) is 0 Å². The van der Waals surface area contributed by atoms with Gasteiger partial charge in [0, 0.05) is 18.0 Å². The van der Waals surface area contributed by atoms with Crippen molar-refractivity contribution in [2.24, 2.45) is 0 Å². The molecule has 0 aliphatic heterocycles. The first-order valence-corrected chi connectivity index (χ1v) is 6.11. The summed E-state index contributed by atoms with van der Waals surface area (Å²) >= 11 is 9.35. The van der Waals surface area contributed by atoms with Crippen molar-refractivity contribution in [1.82, 2.24) is 0 Å². The van der Waals surface area contributed by atoms with Crippen molar-refractivity contribution in [1.29, 1.82) is 0 Å². The molecule has 0 heterocycles. The highest BCUT2D eigenvalue weighted by Gasteiger charge is 2.42. The van der Waals surface area contributed by atoms with Crippen LogP contribution in [0.25, 0.3) is 0 Å². The van der Waals surface area contributed by atoms with Gasteiger partial charge in [-0.1, -0.05) is 27.5 Å². The Kier molecular flexibility index (Phi) is 3.74. The Morgan fingerprint density at radius 1 is 1.50 bits per heavy atom. The Bertz CT molecular complexity index is 385. The van der Waals surface area contributed by atoms with Gasteiger partial charge in [-0.3, -0.25) is 0 Å². The van der Waals surface area contributed by atoms with Crippen LogP contribution in [0.2, 0.25) is 5.02 Å². The third-order valence-electron chi connectivity index (χ3n) is 2.66. The molecule has 0 saturated heterocycles. The fourth-order valence-corrected chi connectivity index (χ4v) is 2.21. The maximum Gasteiger partial charge on any atom is 0.139 e. The molecule has 0 aromatic heterocycles. The summed E-state index contributed by atoms with van der Waals surface area (Å²) in [7, 11) is 1.56. The van der Waals surface area contributed by atoms with Gasteiger partial charge in [0.15, 0.2) is 0 Å². The second-order valence-electron chi connectivity index (χ2n) is 3.73. The molecule has 1 aliphatic carbocycles. The Labute approximate surface area is 107 Å². The van der Waals surface area contributed by atoms with E-state index in [1.54, 1.807) is 19.2 Å². The van der Waals surface area contributed by atoms with Crippen LogP contribution in [0, 0.1) is 0 Å². The molecule has 0 bridgehead atoms. The van der Waals surface area contributed by atoms with Crippen molar-refractivity contribution >= 4 is 27.5 Å². The lowest BCUT2D eigenvalue weighted by molar-refractivity contribution is -0.149. The summed E-state index contributed by atoms with van der Waals surface area (Å²) in [6.07, 6.45) is -0.274. The SMILES string of the molecule is COC1C(O)CC1Oc1cc(Br)ccc1Cl. The molecular weight excluding hydrogens is 295 g/mol. The first-order valence-electron chi connectivity index (χ1n) is 4.94. The molecule has 5 heteroatoms. The van der Waals surface area contributed by atoms with Gasteiger partial charge < -0.3 is 14.6 Å². The Morgan fingerprint density at radius 2 is 2.25 bits per heavy atom. The highest BCUT2D eigenvalue weighted by atomic mass is 79.9. The lowest BCUT2D eigenvalue weighted by atomic mass is 9.88. The van der Waals surface area contributed by atoms with E-state index in [0.717, 1.165) is 4.47 Å². The van der Waals surface area contributed by atoms with Crippen LogP contribution in [0.15, 0.2) is 22.7 Å². The van der Waals surface area contributed by atoms with Gasteiger partial charge in [-0.25, -0.2) is 0 Å². The number of ether oxygens (including phenoxy) is 2. The van der Waals surface area contributed by atoms with Crippen molar-refractivity contribution in [3.05, 3.63) is 27.7 Å². The van der Waals surface area contributed by atoms with Gasteiger partial charge in [0.25, 0.3) is 0 Å². The molecule has 1 aromatic carbocycles. The van der Waals surface area contributed by atoms with E-state index in [1.807, 2.05) is 6.07 Å². The fraction of sp³-hybridized carbons (Fsp3) is 0.455. The molecule has 1 aromatic rings. The second-order valence-corrected chi connectivity index (χ2v) is 5.06. The molecule has 3 atom stereocenters. The van der Waals surface area contributed by atoms with Crippen LogP contribution in [0.1, 0.15) is 6.42 Å². The molecule has 2 rings (SSSR count). The highest BCUT2D eigenvalue weighted by Crippen LogP contribution is 2.33. The van der Waals surface area contributed by atoms with E-state index in [9.17, 15) is 5.11 Å². The number of benzene rings is 1. The van der Waals surface area contributed by atoms with E-state index in [1.165, 1.54) is 0 Å². The Hall–Kier alpha value is -0.290. The Morgan fingerprint density at radius 3 is 2.88 bits per heavy atom. The van der Waals surface area contributed by atoms with E-state index in [2.05, 4.69) is 15.9 Å². The number of aliphatic hydroxyl groups excluding tert-OH is 1. The third kappa shape index (κ3) is 2.35. The summed E-state index contributed by atoms with van der Waals surface area (Å²) in [5.41, 5.74) is 0. The first-order chi connectivity index (χ1) is 7.61. The van der Waals surface area contributed by atoms with Crippen LogP contribution in [-0.2, 0) is 4.74 Å². The quantitative estimate of drug-likeness (QED) is 0.933. The summed E-state index contributed by atoms with van der Waals surface area (Å²) in [5, 5.41) is 9.99. The maximum absolute atomic E-state index is 9.43. The minimum atomic E-state index is -0.444. The van der Waals surface area contributed by atoms with Crippen molar-refractivity contribution < 1.29 is 14.6 Å². The minimum absolute atomic E-state index is 0.133. The summed E-state index contributed by atoms with van der Waals surface area (Å²) in [6, 6.07) is 5.41. The lowest BCUT2D eigenvalue weighted by Gasteiger charge is -2.40. The number of hydrogen-bond donors (Lipinski definition) is 1. The lowest BCUT2D eigenvalue weighted by Crippen LogP contribution is -2.54. The van der Waals surface area contributed by atoms with Gasteiger partial charge >= 0.3 is 0 Å². The van der Waals surface area contributed by atoms with Gasteiger partial charge in [0.2, 0.25) is 0 Å². The van der Waals surface area contributed by atoms with Crippen molar-refractivity contribution in [3.8, 4) is 5.75 Å². The topological polar surface area (TPSA) is 38.7 Å². The van der Waals surface area contributed by atoms with Gasteiger partial charge in [0.05, 0.1) is 11.1 Å². The third-order valence-corrected chi connectivity index (χ3v) is 3.47. The average Bonchev–Trinajstić information content (AvgIpc) is 2.23. The van der Waals surface area contributed by atoms with E-state index >= 15 is 0 Å². The number of rotatable bonds is 3. The standard InChI is InChI=1S/C11H12BrClO3/c1-15-11-8(14)5-10(11)16-9-4-6(12)2-3-7(9)13/h2-4,8,10-11,14H,5H2,1H3. The van der Waals surface area contributed by atoms with E-state index in [4.69, 9.17) is 21.1 Å². The van der Waals surface area contributed by atoms with Crippen LogP contribution in [0.5, 0.6) is 5.75 Å². The highest BCUT2D eigenvalue weighted by molar-refractivity contribution is 9.10. The largest absolute Gasteiger partial charge is 0.486 e. The molecule has 88 valence electrons. The second kappa shape index (κ2) is 4.92. The predicted molar refractivity (Wildman–Crippen MR) is 65.0 cm³/mol. The molecular formula is C11H12BrClO3. The number of hydrogen-bond acceptors (Lipinski definition) is 3. The van der Waals surface area contributed by atoms with Crippen molar-refractivity contribution in [3.63, 3.8) is 0 Å². The minimum Gasteiger partial charge on any atom is -0.486 e. The smallest absolute Gasteiger partial charge is 0.139 e. The molecule has 0 amide bonds. The van der Waals surface area contributed by atoms with Crippen LogP contribution in [0.4, 0.5) is 0 Å². The van der Waals surface area contributed by atoms with Gasteiger partial charge in [-0.2, -0.15) is 0 Å². The molecule has 3 nitrogen and oxygen atoms in total. The number of halogens is 2. The molecule has 16 heavy (non-hydrogen) atoms. The zero-order valence-corrected chi connectivity index (χ0v) is 11.0. The predicted octanol–water partition coefficient (Wildman–Crippen LogP) is 2.63.